The van der Waals surface area contributed by atoms with E-state index in [4.69, 9.17) is 0 Å². The van der Waals surface area contributed by atoms with E-state index in [0.29, 0.717) is 10.8 Å². The Kier molecular flexibility index (Phi) is 6.53. The van der Waals surface area contributed by atoms with Gasteiger partial charge in [-0.15, -0.1) is 0 Å². The van der Waals surface area contributed by atoms with Crippen LogP contribution in [0, 0.1) is 64.1 Å². The first kappa shape index (κ1) is 23.8. The van der Waals surface area contributed by atoms with Crippen LogP contribution in [0.1, 0.15) is 107 Å². The second-order valence-electron chi connectivity index (χ2n) is 13.6. The van der Waals surface area contributed by atoms with Crippen molar-refractivity contribution in [1.29, 1.82) is 0 Å². The monoisotopic (exact) mass is 428 g/mol. The zero-order valence-electron chi connectivity index (χ0n) is 22.0. The highest BCUT2D eigenvalue weighted by Crippen LogP contribution is 2.67. The van der Waals surface area contributed by atoms with Crippen LogP contribution in [0.3, 0.4) is 0 Å². The molecule has 1 heteroatoms. The van der Waals surface area contributed by atoms with E-state index in [1.54, 1.807) is 5.57 Å². The largest absolute Gasteiger partial charge is 0.393 e. The van der Waals surface area contributed by atoms with Crippen LogP contribution in [-0.4, -0.2) is 11.2 Å². The molecule has 4 aliphatic carbocycles. The number of aliphatic hydroxyl groups is 1. The van der Waals surface area contributed by atoms with Gasteiger partial charge in [0, 0.05) is 0 Å². The zero-order valence-corrected chi connectivity index (χ0v) is 22.0. The number of allylic oxidation sites excluding steroid dienone is 1. The van der Waals surface area contributed by atoms with Crippen molar-refractivity contribution >= 4 is 0 Å². The quantitative estimate of drug-likeness (QED) is 0.438. The molecule has 0 aromatic carbocycles. The summed E-state index contributed by atoms with van der Waals surface area (Å²) < 4.78 is 0. The predicted octanol–water partition coefficient (Wildman–Crippen LogP) is 8.13. The van der Waals surface area contributed by atoms with Crippen LogP contribution in [-0.2, 0) is 0 Å². The zero-order chi connectivity index (χ0) is 22.7. The fourth-order valence-corrected chi connectivity index (χ4v) is 9.48. The highest BCUT2D eigenvalue weighted by Gasteiger charge is 2.59. The number of rotatable bonds is 5. The number of fused-ring (bicyclic) bond motifs is 5. The molecule has 0 saturated heterocycles. The van der Waals surface area contributed by atoms with Crippen molar-refractivity contribution in [2.45, 2.75) is 113 Å². The number of aliphatic hydroxyl groups excluding tert-OH is 1. The van der Waals surface area contributed by atoms with Gasteiger partial charge in [-0.2, -0.15) is 0 Å². The Morgan fingerprint density at radius 3 is 2.23 bits per heavy atom. The van der Waals surface area contributed by atoms with Crippen LogP contribution < -0.4 is 0 Å². The lowest BCUT2D eigenvalue weighted by molar-refractivity contribution is -0.0630. The molecule has 0 radical (unpaired) electrons. The van der Waals surface area contributed by atoms with Crippen molar-refractivity contribution in [3.63, 3.8) is 0 Å². The minimum Gasteiger partial charge on any atom is -0.393 e. The SMILES string of the molecule is CC(C)[C@@H](C)C(C)C(C)[C@@H](C)[C@H]1CCC2C3CC=C4C[C@@H](O)CCC4(C)C3CCC21C. The van der Waals surface area contributed by atoms with Crippen molar-refractivity contribution in [3.8, 4) is 0 Å². The van der Waals surface area contributed by atoms with Gasteiger partial charge in [0.05, 0.1) is 6.10 Å². The van der Waals surface area contributed by atoms with Gasteiger partial charge in [0.1, 0.15) is 0 Å². The minimum absolute atomic E-state index is 0.0850. The summed E-state index contributed by atoms with van der Waals surface area (Å²) in [4.78, 5) is 0. The minimum atomic E-state index is -0.0850. The smallest absolute Gasteiger partial charge is 0.0577 e. The average Bonchev–Trinajstić information content (AvgIpc) is 3.09. The molecule has 3 fully saturated rings. The molecule has 4 rings (SSSR count). The molecule has 0 spiro atoms. The van der Waals surface area contributed by atoms with Crippen molar-refractivity contribution in [1.82, 2.24) is 0 Å². The summed E-state index contributed by atoms with van der Waals surface area (Å²) in [5.74, 6) is 7.62. The molecule has 0 aromatic heterocycles. The highest BCUT2D eigenvalue weighted by atomic mass is 16.3. The molecule has 0 aromatic rings. The molecule has 1 N–H and O–H groups in total. The average molecular weight is 429 g/mol. The second-order valence-corrected chi connectivity index (χ2v) is 13.6. The van der Waals surface area contributed by atoms with Gasteiger partial charge < -0.3 is 5.11 Å². The number of hydrogen-bond donors (Lipinski definition) is 1. The lowest BCUT2D eigenvalue weighted by Gasteiger charge is -2.58. The van der Waals surface area contributed by atoms with Crippen LogP contribution in [0.25, 0.3) is 0 Å². The Morgan fingerprint density at radius 2 is 1.55 bits per heavy atom. The molecular weight excluding hydrogens is 376 g/mol. The molecule has 0 aliphatic heterocycles. The van der Waals surface area contributed by atoms with E-state index in [1.807, 2.05) is 0 Å². The van der Waals surface area contributed by atoms with Crippen LogP contribution in [0.4, 0.5) is 0 Å². The molecule has 1 nitrogen and oxygen atoms in total. The van der Waals surface area contributed by atoms with Gasteiger partial charge in [-0.25, -0.2) is 0 Å². The fraction of sp³-hybridized carbons (Fsp3) is 0.933. The fourth-order valence-electron chi connectivity index (χ4n) is 9.48. The van der Waals surface area contributed by atoms with Crippen molar-refractivity contribution in [2.75, 3.05) is 0 Å². The van der Waals surface area contributed by atoms with Gasteiger partial charge >= 0.3 is 0 Å². The van der Waals surface area contributed by atoms with E-state index in [1.165, 1.54) is 38.5 Å². The molecule has 0 bridgehead atoms. The van der Waals surface area contributed by atoms with Gasteiger partial charge in [-0.3, -0.25) is 0 Å². The second kappa shape index (κ2) is 8.48. The van der Waals surface area contributed by atoms with Gasteiger partial charge in [0.25, 0.3) is 0 Å². The molecular formula is C30H52O. The van der Waals surface area contributed by atoms with Crippen LogP contribution >= 0.6 is 0 Å². The van der Waals surface area contributed by atoms with Crippen molar-refractivity contribution in [2.24, 2.45) is 64.1 Å². The van der Waals surface area contributed by atoms with E-state index in [2.05, 4.69) is 61.5 Å². The molecule has 31 heavy (non-hydrogen) atoms. The summed E-state index contributed by atoms with van der Waals surface area (Å²) in [5, 5.41) is 10.3. The first-order valence-electron chi connectivity index (χ1n) is 13.9. The van der Waals surface area contributed by atoms with E-state index in [-0.39, 0.29) is 6.10 Å². The van der Waals surface area contributed by atoms with E-state index < -0.39 is 0 Å². The number of hydrogen-bond acceptors (Lipinski definition) is 1. The maximum absolute atomic E-state index is 10.3. The van der Waals surface area contributed by atoms with Gasteiger partial charge in [-0.05, 0) is 115 Å². The van der Waals surface area contributed by atoms with E-state index in [0.717, 1.165) is 66.1 Å². The maximum Gasteiger partial charge on any atom is 0.0577 e. The lowest BCUT2D eigenvalue weighted by atomic mass is 9.46. The topological polar surface area (TPSA) is 20.2 Å². The molecule has 0 amide bonds. The Hall–Kier alpha value is -0.300. The van der Waals surface area contributed by atoms with Gasteiger partial charge in [0.15, 0.2) is 0 Å². The molecule has 11 atom stereocenters. The van der Waals surface area contributed by atoms with E-state index >= 15 is 0 Å². The van der Waals surface area contributed by atoms with Crippen molar-refractivity contribution < 1.29 is 5.11 Å². The lowest BCUT2D eigenvalue weighted by Crippen LogP contribution is -2.51. The summed E-state index contributed by atoms with van der Waals surface area (Å²) in [6.45, 7) is 20.3. The molecule has 178 valence electrons. The van der Waals surface area contributed by atoms with Crippen LogP contribution in [0.2, 0.25) is 0 Å². The Labute approximate surface area is 193 Å². The first-order chi connectivity index (χ1) is 14.5. The Balaban J connectivity index is 1.53. The Bertz CT molecular complexity index is 678. The maximum atomic E-state index is 10.3. The summed E-state index contributed by atoms with van der Waals surface area (Å²) >= 11 is 0. The van der Waals surface area contributed by atoms with E-state index in [9.17, 15) is 5.11 Å². The third-order valence-corrected chi connectivity index (χ3v) is 12.3. The third kappa shape index (κ3) is 3.77. The van der Waals surface area contributed by atoms with Gasteiger partial charge in [-0.1, -0.05) is 67.0 Å². The normalized spacial score (nSPS) is 46.4. The third-order valence-electron chi connectivity index (χ3n) is 12.3. The summed E-state index contributed by atoms with van der Waals surface area (Å²) in [7, 11) is 0. The summed E-state index contributed by atoms with van der Waals surface area (Å²) in [6.07, 6.45) is 12.8. The molecule has 3 saturated carbocycles. The molecule has 4 aliphatic rings. The van der Waals surface area contributed by atoms with Crippen molar-refractivity contribution in [3.05, 3.63) is 11.6 Å². The summed E-state index contributed by atoms with van der Waals surface area (Å²) in [6, 6.07) is 0. The van der Waals surface area contributed by atoms with Crippen LogP contribution in [0.5, 0.6) is 0 Å². The predicted molar refractivity (Wildman–Crippen MR) is 133 cm³/mol. The first-order valence-corrected chi connectivity index (χ1v) is 13.9. The Morgan fingerprint density at radius 1 is 0.839 bits per heavy atom. The van der Waals surface area contributed by atoms with Gasteiger partial charge in [0.2, 0.25) is 0 Å². The highest BCUT2D eigenvalue weighted by molar-refractivity contribution is 5.25. The van der Waals surface area contributed by atoms with Crippen LogP contribution in [0.15, 0.2) is 11.6 Å². The standard InChI is InChI=1S/C30H52O/c1-18(2)19(3)20(4)21(5)22(6)26-11-12-27-25-10-9-23-17-24(31)13-15-29(23,7)28(25)14-16-30(26,27)8/h9,18-22,24-28,31H,10-17H2,1-8H3/t19-,20?,21?,22-,24+,25?,26-,27?,28?,29?,30?/m1/s1. The summed E-state index contributed by atoms with van der Waals surface area (Å²) in [5.41, 5.74) is 2.54. The molecule has 7 unspecified atom stereocenters. The molecule has 0 heterocycles.